The first-order valence-electron chi connectivity index (χ1n) is 3.73. The molecule has 0 amide bonds. The fourth-order valence-electron chi connectivity index (χ4n) is 0.655. The zero-order valence-corrected chi connectivity index (χ0v) is 10.1. The number of aliphatic carboxylic acids is 1. The number of allylic oxidation sites excluding steroid dienone is 1. The average molecular weight is 277 g/mol. The van der Waals surface area contributed by atoms with E-state index in [0.29, 0.717) is 6.08 Å². The molecule has 0 fully saturated rings. The standard InChI is InChI=1S/C7H10Cl2O5S/c1-7(4-8,15(12,13)14)5(9)2-3-6(10)11/h2-3,5H,4H2,1H3,(H,10,11)(H,12,13,14). The van der Waals surface area contributed by atoms with Gasteiger partial charge in [0, 0.05) is 12.0 Å². The van der Waals surface area contributed by atoms with Crippen LogP contribution in [0.25, 0.3) is 0 Å². The van der Waals surface area contributed by atoms with Crippen LogP contribution in [0.5, 0.6) is 0 Å². The highest BCUT2D eigenvalue weighted by Gasteiger charge is 2.43. The van der Waals surface area contributed by atoms with Gasteiger partial charge in [0.1, 0.15) is 4.75 Å². The Balaban J connectivity index is 5.07. The average Bonchev–Trinajstić information content (AvgIpc) is 2.10. The van der Waals surface area contributed by atoms with Crippen LogP contribution >= 0.6 is 23.2 Å². The molecular weight excluding hydrogens is 267 g/mol. The second-order valence-corrected chi connectivity index (χ2v) is 5.64. The van der Waals surface area contributed by atoms with Crippen molar-refractivity contribution in [3.8, 4) is 0 Å². The van der Waals surface area contributed by atoms with E-state index in [9.17, 15) is 13.2 Å². The molecule has 0 aliphatic heterocycles. The van der Waals surface area contributed by atoms with Crippen molar-refractivity contribution in [2.75, 3.05) is 5.88 Å². The molecule has 0 rings (SSSR count). The number of halogens is 2. The Labute approximate surface area is 97.4 Å². The van der Waals surface area contributed by atoms with Crippen LogP contribution in [-0.2, 0) is 14.9 Å². The lowest BCUT2D eigenvalue weighted by molar-refractivity contribution is -0.131. The highest BCUT2D eigenvalue weighted by atomic mass is 35.5. The van der Waals surface area contributed by atoms with Crippen LogP contribution in [0.15, 0.2) is 12.2 Å². The summed E-state index contributed by atoms with van der Waals surface area (Å²) < 4.78 is 29.0. The summed E-state index contributed by atoms with van der Waals surface area (Å²) in [6.45, 7) is 1.12. The predicted octanol–water partition coefficient (Wildman–Crippen LogP) is 1.12. The van der Waals surface area contributed by atoms with E-state index in [1.165, 1.54) is 0 Å². The first-order valence-corrected chi connectivity index (χ1v) is 6.14. The summed E-state index contributed by atoms with van der Waals surface area (Å²) in [5.74, 6) is -1.72. The largest absolute Gasteiger partial charge is 0.478 e. The number of rotatable bonds is 5. The minimum atomic E-state index is -4.47. The summed E-state index contributed by atoms with van der Waals surface area (Å²) in [6, 6.07) is 0. The molecule has 0 radical (unpaired) electrons. The molecule has 0 aromatic carbocycles. The molecule has 0 saturated heterocycles. The van der Waals surface area contributed by atoms with Gasteiger partial charge in [-0.1, -0.05) is 6.08 Å². The molecule has 0 aliphatic rings. The van der Waals surface area contributed by atoms with Gasteiger partial charge in [-0.15, -0.1) is 23.2 Å². The van der Waals surface area contributed by atoms with Crippen molar-refractivity contribution in [2.24, 2.45) is 0 Å². The summed E-state index contributed by atoms with van der Waals surface area (Å²) in [7, 11) is -4.47. The molecule has 2 atom stereocenters. The molecule has 8 heteroatoms. The molecule has 0 aliphatic carbocycles. The van der Waals surface area contributed by atoms with E-state index in [1.807, 2.05) is 0 Å². The van der Waals surface area contributed by atoms with E-state index < -0.39 is 32.1 Å². The van der Waals surface area contributed by atoms with Crippen molar-refractivity contribution < 1.29 is 22.9 Å². The van der Waals surface area contributed by atoms with E-state index in [0.717, 1.165) is 13.0 Å². The topological polar surface area (TPSA) is 91.7 Å². The Bertz CT molecular complexity index is 364. The van der Waals surface area contributed by atoms with Crippen LogP contribution in [0, 0.1) is 0 Å². The molecule has 2 N–H and O–H groups in total. The van der Waals surface area contributed by atoms with Gasteiger partial charge in [-0.25, -0.2) is 4.79 Å². The highest BCUT2D eigenvalue weighted by Crippen LogP contribution is 2.27. The quantitative estimate of drug-likeness (QED) is 0.446. The first-order chi connectivity index (χ1) is 6.65. The number of hydrogen-bond acceptors (Lipinski definition) is 3. The van der Waals surface area contributed by atoms with E-state index in [4.69, 9.17) is 32.9 Å². The smallest absolute Gasteiger partial charge is 0.328 e. The molecule has 0 saturated carbocycles. The van der Waals surface area contributed by atoms with Crippen LogP contribution in [0.1, 0.15) is 6.92 Å². The Hall–Kier alpha value is -0.300. The number of carbonyl (C=O) groups is 1. The summed E-state index contributed by atoms with van der Waals surface area (Å²) in [5.41, 5.74) is 0. The van der Waals surface area contributed by atoms with Crippen LogP contribution in [0.2, 0.25) is 0 Å². The lowest BCUT2D eigenvalue weighted by atomic mass is 10.1. The van der Waals surface area contributed by atoms with Gasteiger partial charge in [0.15, 0.2) is 0 Å². The Morgan fingerprint density at radius 1 is 1.60 bits per heavy atom. The van der Waals surface area contributed by atoms with Crippen LogP contribution in [0.4, 0.5) is 0 Å². The van der Waals surface area contributed by atoms with Gasteiger partial charge in [-0.2, -0.15) is 8.42 Å². The zero-order chi connectivity index (χ0) is 12.3. The highest BCUT2D eigenvalue weighted by molar-refractivity contribution is 7.87. The summed E-state index contributed by atoms with van der Waals surface area (Å²) in [6.07, 6.45) is 1.63. The lowest BCUT2D eigenvalue weighted by Gasteiger charge is -2.26. The second kappa shape index (κ2) is 5.16. The van der Waals surface area contributed by atoms with Crippen LogP contribution < -0.4 is 0 Å². The third kappa shape index (κ3) is 3.64. The monoisotopic (exact) mass is 276 g/mol. The molecule has 0 bridgehead atoms. The van der Waals surface area contributed by atoms with E-state index in [1.54, 1.807) is 0 Å². The van der Waals surface area contributed by atoms with E-state index in [-0.39, 0.29) is 0 Å². The third-order valence-corrected chi connectivity index (χ3v) is 4.89. The van der Waals surface area contributed by atoms with E-state index in [2.05, 4.69) is 0 Å². The van der Waals surface area contributed by atoms with Crippen molar-refractivity contribution in [3.63, 3.8) is 0 Å². The number of hydrogen-bond donors (Lipinski definition) is 2. The molecule has 0 aromatic heterocycles. The van der Waals surface area contributed by atoms with Crippen molar-refractivity contribution in [1.82, 2.24) is 0 Å². The molecule has 15 heavy (non-hydrogen) atoms. The minimum Gasteiger partial charge on any atom is -0.478 e. The summed E-state index contributed by atoms with van der Waals surface area (Å²) in [5, 5.41) is 7.08. The summed E-state index contributed by atoms with van der Waals surface area (Å²) >= 11 is 11.0. The lowest BCUT2D eigenvalue weighted by Crippen LogP contribution is -2.44. The Morgan fingerprint density at radius 2 is 2.07 bits per heavy atom. The van der Waals surface area contributed by atoms with Gasteiger partial charge in [0.05, 0.1) is 5.38 Å². The molecule has 2 unspecified atom stereocenters. The van der Waals surface area contributed by atoms with Crippen molar-refractivity contribution in [1.29, 1.82) is 0 Å². The number of carboxylic acids is 1. The van der Waals surface area contributed by atoms with E-state index >= 15 is 0 Å². The number of alkyl halides is 2. The van der Waals surface area contributed by atoms with Gasteiger partial charge in [0.2, 0.25) is 0 Å². The molecule has 5 nitrogen and oxygen atoms in total. The normalized spacial score (nSPS) is 18.7. The Morgan fingerprint density at radius 3 is 2.33 bits per heavy atom. The summed E-state index contributed by atoms with van der Waals surface area (Å²) in [4.78, 5) is 10.2. The minimum absolute atomic E-state index is 0.454. The van der Waals surface area contributed by atoms with Crippen molar-refractivity contribution >= 4 is 39.3 Å². The van der Waals surface area contributed by atoms with Gasteiger partial charge in [-0.05, 0) is 6.92 Å². The van der Waals surface area contributed by atoms with Gasteiger partial charge in [0.25, 0.3) is 10.1 Å². The molecular formula is C7H10Cl2O5S. The maximum atomic E-state index is 11.0. The predicted molar refractivity (Wildman–Crippen MR) is 57.1 cm³/mol. The molecule has 0 aromatic rings. The van der Waals surface area contributed by atoms with Gasteiger partial charge < -0.3 is 5.11 Å². The fraction of sp³-hybridized carbons (Fsp3) is 0.571. The van der Waals surface area contributed by atoms with Gasteiger partial charge in [-0.3, -0.25) is 4.55 Å². The Kier molecular flexibility index (Phi) is 5.05. The molecule has 0 spiro atoms. The molecule has 0 heterocycles. The maximum absolute atomic E-state index is 11.0. The van der Waals surface area contributed by atoms with Crippen LogP contribution in [-0.4, -0.2) is 40.1 Å². The van der Waals surface area contributed by atoms with Crippen molar-refractivity contribution in [3.05, 3.63) is 12.2 Å². The maximum Gasteiger partial charge on any atom is 0.328 e. The molecule has 88 valence electrons. The number of carboxylic acid groups (broad SMARTS) is 1. The first kappa shape index (κ1) is 14.7. The van der Waals surface area contributed by atoms with Crippen molar-refractivity contribution in [2.45, 2.75) is 17.0 Å². The fourth-order valence-corrected chi connectivity index (χ4v) is 2.30. The third-order valence-electron chi connectivity index (χ3n) is 1.85. The van der Waals surface area contributed by atoms with Crippen LogP contribution in [0.3, 0.4) is 0 Å². The zero-order valence-electron chi connectivity index (χ0n) is 7.72. The second-order valence-electron chi connectivity index (χ2n) is 3.02. The van der Waals surface area contributed by atoms with Gasteiger partial charge >= 0.3 is 5.97 Å². The SMILES string of the molecule is CC(CCl)(C(Cl)C=CC(=O)O)S(=O)(=O)O.